The smallest absolute Gasteiger partial charge is 0.251 e. The van der Waals surface area contributed by atoms with Gasteiger partial charge in [-0.25, -0.2) is 0 Å². The molecule has 128 valence electrons. The van der Waals surface area contributed by atoms with Crippen molar-refractivity contribution >= 4 is 22.5 Å². The van der Waals surface area contributed by atoms with Crippen LogP contribution >= 0.6 is 0 Å². The molecule has 2 rings (SSSR count). The molecule has 0 aliphatic rings. The van der Waals surface area contributed by atoms with E-state index >= 15 is 0 Å². The molecule has 0 fully saturated rings. The lowest BCUT2D eigenvalue weighted by atomic mass is 10.1. The Labute approximate surface area is 142 Å². The molecule has 0 saturated carbocycles. The number of hydrogen-bond acceptors (Lipinski definition) is 3. The van der Waals surface area contributed by atoms with E-state index in [-0.39, 0.29) is 18.3 Å². The number of ketones is 1. The van der Waals surface area contributed by atoms with E-state index in [4.69, 9.17) is 5.11 Å². The Kier molecular flexibility index (Phi) is 7.43. The molecule has 24 heavy (non-hydrogen) atoms. The molecule has 0 heterocycles. The van der Waals surface area contributed by atoms with Gasteiger partial charge in [0.25, 0.3) is 5.91 Å². The van der Waals surface area contributed by atoms with Gasteiger partial charge < -0.3 is 10.4 Å². The van der Waals surface area contributed by atoms with Gasteiger partial charge in [0.05, 0.1) is 0 Å². The first-order valence-electron chi connectivity index (χ1n) is 8.60. The van der Waals surface area contributed by atoms with Crippen molar-refractivity contribution in [1.82, 2.24) is 5.32 Å². The van der Waals surface area contributed by atoms with Crippen molar-refractivity contribution in [3.05, 3.63) is 48.0 Å². The third-order valence-electron chi connectivity index (χ3n) is 4.11. The van der Waals surface area contributed by atoms with Crippen LogP contribution in [0.3, 0.4) is 0 Å². The lowest BCUT2D eigenvalue weighted by Gasteiger charge is -2.06. The summed E-state index contributed by atoms with van der Waals surface area (Å²) in [7, 11) is 0. The Morgan fingerprint density at radius 2 is 1.58 bits per heavy atom. The molecular formula is C20H25NO3. The molecule has 0 radical (unpaired) electrons. The summed E-state index contributed by atoms with van der Waals surface area (Å²) < 4.78 is 0. The van der Waals surface area contributed by atoms with Gasteiger partial charge in [-0.1, -0.05) is 49.6 Å². The molecule has 4 nitrogen and oxygen atoms in total. The molecule has 0 aromatic heterocycles. The van der Waals surface area contributed by atoms with Gasteiger partial charge in [0.1, 0.15) is 6.61 Å². The molecular weight excluding hydrogens is 302 g/mol. The number of hydrogen-bond donors (Lipinski definition) is 2. The average molecular weight is 327 g/mol. The number of unbranched alkanes of at least 4 members (excludes halogenated alkanes) is 4. The van der Waals surface area contributed by atoms with Gasteiger partial charge in [-0.05, 0) is 35.7 Å². The van der Waals surface area contributed by atoms with Crippen LogP contribution in [0.4, 0.5) is 0 Å². The summed E-state index contributed by atoms with van der Waals surface area (Å²) in [4.78, 5) is 23.1. The lowest BCUT2D eigenvalue weighted by molar-refractivity contribution is -0.121. The summed E-state index contributed by atoms with van der Waals surface area (Å²) in [5.74, 6) is -0.119. The highest BCUT2D eigenvalue weighted by molar-refractivity contribution is 5.98. The molecule has 0 unspecified atom stereocenters. The number of benzene rings is 2. The van der Waals surface area contributed by atoms with Crippen LogP contribution in [0.15, 0.2) is 42.5 Å². The zero-order chi connectivity index (χ0) is 17.2. The predicted octanol–water partition coefficient (Wildman–Crippen LogP) is 3.47. The maximum atomic E-state index is 12.2. The Bertz CT molecular complexity index is 681. The van der Waals surface area contributed by atoms with Crippen molar-refractivity contribution in [1.29, 1.82) is 0 Å². The first kappa shape index (κ1) is 18.1. The molecule has 1 amide bonds. The fraction of sp³-hybridized carbons (Fsp3) is 0.400. The van der Waals surface area contributed by atoms with E-state index in [9.17, 15) is 9.59 Å². The van der Waals surface area contributed by atoms with Crippen molar-refractivity contribution in [3.8, 4) is 0 Å². The van der Waals surface area contributed by atoms with Crippen LogP contribution in [0.2, 0.25) is 0 Å². The van der Waals surface area contributed by atoms with E-state index in [0.717, 1.165) is 42.9 Å². The number of carbonyl (C=O) groups is 2. The van der Waals surface area contributed by atoms with Crippen molar-refractivity contribution in [2.24, 2.45) is 0 Å². The van der Waals surface area contributed by atoms with Crippen LogP contribution in [0.5, 0.6) is 0 Å². The number of fused-ring (bicyclic) bond motifs is 1. The monoisotopic (exact) mass is 327 g/mol. The van der Waals surface area contributed by atoms with E-state index in [1.807, 2.05) is 42.5 Å². The zero-order valence-electron chi connectivity index (χ0n) is 14.0. The lowest BCUT2D eigenvalue weighted by Crippen LogP contribution is -2.24. The molecule has 0 atom stereocenters. The third-order valence-corrected chi connectivity index (χ3v) is 4.11. The highest BCUT2D eigenvalue weighted by Gasteiger charge is 2.05. The highest BCUT2D eigenvalue weighted by atomic mass is 16.3. The average Bonchev–Trinajstić information content (AvgIpc) is 2.62. The van der Waals surface area contributed by atoms with Crippen LogP contribution in [0.25, 0.3) is 10.8 Å². The maximum absolute atomic E-state index is 12.2. The number of nitrogens with one attached hydrogen (secondary N) is 1. The summed E-state index contributed by atoms with van der Waals surface area (Å²) in [6.07, 6.45) is 5.31. The minimum atomic E-state index is -0.346. The van der Waals surface area contributed by atoms with Crippen LogP contribution < -0.4 is 5.32 Å². The summed E-state index contributed by atoms with van der Waals surface area (Å²) in [6.45, 7) is 0.321. The molecule has 0 spiro atoms. The minimum Gasteiger partial charge on any atom is -0.389 e. The largest absolute Gasteiger partial charge is 0.389 e. The summed E-state index contributed by atoms with van der Waals surface area (Å²) in [5.41, 5.74) is 0.691. The quantitative estimate of drug-likeness (QED) is 0.657. The minimum absolute atomic E-state index is 0.0331. The van der Waals surface area contributed by atoms with Gasteiger partial charge in [-0.15, -0.1) is 0 Å². The molecule has 4 heteroatoms. The molecule has 2 aromatic rings. The second-order valence-corrected chi connectivity index (χ2v) is 6.03. The predicted molar refractivity (Wildman–Crippen MR) is 96.1 cm³/mol. The molecule has 2 N–H and O–H groups in total. The van der Waals surface area contributed by atoms with E-state index in [0.29, 0.717) is 18.5 Å². The number of rotatable bonds is 10. The van der Waals surface area contributed by atoms with E-state index in [1.165, 1.54) is 0 Å². The van der Waals surface area contributed by atoms with E-state index in [2.05, 4.69) is 5.32 Å². The maximum Gasteiger partial charge on any atom is 0.251 e. The van der Waals surface area contributed by atoms with Gasteiger partial charge in [0, 0.05) is 18.5 Å². The van der Waals surface area contributed by atoms with Gasteiger partial charge >= 0.3 is 0 Å². The molecule has 0 aliphatic carbocycles. The molecule has 0 aliphatic heterocycles. The molecule has 0 saturated heterocycles. The van der Waals surface area contributed by atoms with Gasteiger partial charge in [-0.3, -0.25) is 9.59 Å². The number of aliphatic hydroxyl groups excluding tert-OH is 1. The van der Waals surface area contributed by atoms with Crippen molar-refractivity contribution in [2.45, 2.75) is 38.5 Å². The van der Waals surface area contributed by atoms with E-state index in [1.54, 1.807) is 0 Å². The standard InChI is InChI=1S/C20H25NO3/c22-15-19(23)10-4-2-1-3-7-13-21-20(24)18-12-11-16-8-5-6-9-17(16)14-18/h5-6,8-9,11-12,14,22H,1-4,7,10,13,15H2,(H,21,24). The second kappa shape index (κ2) is 9.83. The van der Waals surface area contributed by atoms with Gasteiger partial charge in [0.15, 0.2) is 5.78 Å². The topological polar surface area (TPSA) is 66.4 Å². The summed E-state index contributed by atoms with van der Waals surface area (Å²) in [6, 6.07) is 13.7. The zero-order valence-corrected chi connectivity index (χ0v) is 14.0. The third kappa shape index (κ3) is 5.78. The normalized spacial score (nSPS) is 10.7. The Morgan fingerprint density at radius 1 is 0.875 bits per heavy atom. The van der Waals surface area contributed by atoms with Gasteiger partial charge in [0.2, 0.25) is 0 Å². The Morgan fingerprint density at radius 3 is 2.38 bits per heavy atom. The number of Topliss-reactive ketones (excluding diaryl/α,β-unsaturated/α-hetero) is 1. The second-order valence-electron chi connectivity index (χ2n) is 6.03. The molecule has 2 aromatic carbocycles. The fourth-order valence-electron chi connectivity index (χ4n) is 2.69. The fourth-order valence-corrected chi connectivity index (χ4v) is 2.69. The number of amides is 1. The summed E-state index contributed by atoms with van der Waals surface area (Å²) >= 11 is 0. The van der Waals surface area contributed by atoms with Crippen LogP contribution in [-0.4, -0.2) is 29.9 Å². The van der Waals surface area contributed by atoms with Gasteiger partial charge in [-0.2, -0.15) is 0 Å². The summed E-state index contributed by atoms with van der Waals surface area (Å²) in [5, 5.41) is 13.8. The van der Waals surface area contributed by atoms with Crippen molar-refractivity contribution < 1.29 is 14.7 Å². The van der Waals surface area contributed by atoms with E-state index < -0.39 is 0 Å². The molecule has 0 bridgehead atoms. The SMILES string of the molecule is O=C(CO)CCCCCCCNC(=O)c1ccc2ccccc2c1. The number of aliphatic hydroxyl groups is 1. The van der Waals surface area contributed by atoms with Crippen LogP contribution in [0, 0.1) is 0 Å². The van der Waals surface area contributed by atoms with Crippen LogP contribution in [-0.2, 0) is 4.79 Å². The Balaban J connectivity index is 1.63. The first-order valence-corrected chi connectivity index (χ1v) is 8.60. The first-order chi connectivity index (χ1) is 11.7. The van der Waals surface area contributed by atoms with Crippen molar-refractivity contribution in [2.75, 3.05) is 13.2 Å². The number of carbonyl (C=O) groups excluding carboxylic acids is 2. The Hall–Kier alpha value is -2.20. The highest BCUT2D eigenvalue weighted by Crippen LogP contribution is 2.15. The van der Waals surface area contributed by atoms with Crippen molar-refractivity contribution in [3.63, 3.8) is 0 Å². The van der Waals surface area contributed by atoms with Crippen LogP contribution in [0.1, 0.15) is 48.9 Å².